The smallest absolute Gasteiger partial charge is 0.321 e. The molecule has 2 rings (SSSR count). The van der Waals surface area contributed by atoms with Crippen LogP contribution in [0.4, 0.5) is 10.5 Å². The minimum Gasteiger partial charge on any atom is -0.489 e. The molecule has 0 aliphatic carbocycles. The molecule has 1 aromatic carbocycles. The number of rotatable bonds is 4. The van der Waals surface area contributed by atoms with Crippen LogP contribution in [0.25, 0.3) is 0 Å². The zero-order valence-electron chi connectivity index (χ0n) is 13.9. The Hall–Kier alpha value is -1.46. The first-order valence-corrected chi connectivity index (χ1v) is 8.45. The molecule has 1 aliphatic heterocycles. The van der Waals surface area contributed by atoms with Crippen LogP contribution in [-0.2, 0) is 0 Å². The van der Waals surface area contributed by atoms with E-state index in [1.807, 2.05) is 13.8 Å². The Kier molecular flexibility index (Phi) is 6.13. The van der Waals surface area contributed by atoms with Crippen molar-refractivity contribution in [1.82, 2.24) is 4.90 Å². The first kappa shape index (κ1) is 17.9. The number of nitrogens with one attached hydrogen (secondary N) is 1. The molecule has 1 aliphatic rings. The molecule has 5 nitrogen and oxygen atoms in total. The number of amides is 2. The second-order valence-electron chi connectivity index (χ2n) is 6.33. The first-order valence-electron chi connectivity index (χ1n) is 8.07. The quantitative estimate of drug-likeness (QED) is 0.877. The highest BCUT2D eigenvalue weighted by molar-refractivity contribution is 6.32. The topological polar surface area (TPSA) is 61.8 Å². The third kappa shape index (κ3) is 5.01. The Morgan fingerprint density at radius 2 is 2.17 bits per heavy atom. The molecule has 0 spiro atoms. The maximum absolute atomic E-state index is 12.4. The highest BCUT2D eigenvalue weighted by Crippen LogP contribution is 2.29. The van der Waals surface area contributed by atoms with Crippen LogP contribution in [0.5, 0.6) is 5.75 Å². The third-order valence-corrected chi connectivity index (χ3v) is 4.27. The van der Waals surface area contributed by atoms with E-state index in [4.69, 9.17) is 16.3 Å². The first-order chi connectivity index (χ1) is 10.9. The fourth-order valence-corrected chi connectivity index (χ4v) is 2.94. The molecule has 6 heteroatoms. The molecule has 128 valence electrons. The van der Waals surface area contributed by atoms with Gasteiger partial charge >= 0.3 is 6.03 Å². The van der Waals surface area contributed by atoms with Crippen LogP contribution < -0.4 is 10.1 Å². The van der Waals surface area contributed by atoms with E-state index in [0.717, 1.165) is 12.8 Å². The summed E-state index contributed by atoms with van der Waals surface area (Å²) in [6.45, 7) is 6.92. The van der Waals surface area contributed by atoms with Gasteiger partial charge in [-0.1, -0.05) is 11.6 Å². The molecule has 0 aromatic heterocycles. The summed E-state index contributed by atoms with van der Waals surface area (Å²) < 4.78 is 5.58. The van der Waals surface area contributed by atoms with Gasteiger partial charge in [0.1, 0.15) is 5.75 Å². The number of likely N-dealkylation sites (tertiary alicyclic amines) is 1. The van der Waals surface area contributed by atoms with E-state index in [1.165, 1.54) is 0 Å². The van der Waals surface area contributed by atoms with Gasteiger partial charge in [0.2, 0.25) is 0 Å². The number of anilines is 1. The number of hydrogen-bond donors (Lipinski definition) is 2. The summed E-state index contributed by atoms with van der Waals surface area (Å²) in [5, 5.41) is 13.0. The average Bonchev–Trinajstić information content (AvgIpc) is 2.49. The lowest BCUT2D eigenvalue weighted by molar-refractivity contribution is 0.0766. The molecule has 2 atom stereocenters. The molecular formula is C17H25ClN2O3. The summed E-state index contributed by atoms with van der Waals surface area (Å²) in [5.41, 5.74) is 0.635. The van der Waals surface area contributed by atoms with Crippen molar-refractivity contribution >= 4 is 23.3 Å². The van der Waals surface area contributed by atoms with Crippen LogP contribution in [0.15, 0.2) is 18.2 Å². The molecule has 1 saturated heterocycles. The predicted octanol–water partition coefficient (Wildman–Crippen LogP) is 3.75. The summed E-state index contributed by atoms with van der Waals surface area (Å²) in [6, 6.07) is 5.06. The standard InChI is InChI=1S/C17H25ClN2O3/c1-11(2)23-16-7-6-14(9-15(16)18)19-17(22)20-8-4-5-13(10-20)12(3)21/h6-7,9,11-13,21H,4-5,8,10H2,1-3H3,(H,19,22). The fourth-order valence-electron chi connectivity index (χ4n) is 2.72. The summed E-state index contributed by atoms with van der Waals surface area (Å²) in [7, 11) is 0. The highest BCUT2D eigenvalue weighted by Gasteiger charge is 2.26. The highest BCUT2D eigenvalue weighted by atomic mass is 35.5. The maximum atomic E-state index is 12.4. The molecule has 0 bridgehead atoms. The monoisotopic (exact) mass is 340 g/mol. The number of benzene rings is 1. The van der Waals surface area contributed by atoms with Gasteiger partial charge < -0.3 is 20.1 Å². The number of aliphatic hydroxyl groups is 1. The Bertz CT molecular complexity index is 549. The number of hydrogen-bond acceptors (Lipinski definition) is 3. The number of halogens is 1. The molecule has 0 saturated carbocycles. The maximum Gasteiger partial charge on any atom is 0.321 e. The van der Waals surface area contributed by atoms with Crippen LogP contribution >= 0.6 is 11.6 Å². The number of nitrogens with zero attached hydrogens (tertiary/aromatic N) is 1. The third-order valence-electron chi connectivity index (χ3n) is 3.97. The van der Waals surface area contributed by atoms with Crippen LogP contribution in [0.2, 0.25) is 5.02 Å². The molecule has 1 aromatic rings. The van der Waals surface area contributed by atoms with Crippen molar-refractivity contribution in [2.75, 3.05) is 18.4 Å². The number of carbonyl (C=O) groups excluding carboxylic acids is 1. The zero-order chi connectivity index (χ0) is 17.0. The van der Waals surface area contributed by atoms with Crippen molar-refractivity contribution in [3.63, 3.8) is 0 Å². The normalized spacial score (nSPS) is 19.6. The largest absolute Gasteiger partial charge is 0.489 e. The van der Waals surface area contributed by atoms with Crippen LogP contribution in [-0.4, -0.2) is 41.3 Å². The van der Waals surface area contributed by atoms with Crippen molar-refractivity contribution in [2.24, 2.45) is 5.92 Å². The van der Waals surface area contributed by atoms with E-state index in [9.17, 15) is 9.90 Å². The van der Waals surface area contributed by atoms with Gasteiger partial charge in [-0.2, -0.15) is 0 Å². The summed E-state index contributed by atoms with van der Waals surface area (Å²) in [5.74, 6) is 0.742. The molecule has 2 N–H and O–H groups in total. The molecule has 1 heterocycles. The predicted molar refractivity (Wildman–Crippen MR) is 92.2 cm³/mol. The van der Waals surface area contributed by atoms with Crippen molar-refractivity contribution in [2.45, 2.75) is 45.8 Å². The molecule has 2 amide bonds. The molecule has 2 unspecified atom stereocenters. The number of piperidine rings is 1. The minimum atomic E-state index is -0.396. The molecule has 1 fully saturated rings. The van der Waals surface area contributed by atoms with Crippen molar-refractivity contribution in [1.29, 1.82) is 0 Å². The number of aliphatic hydroxyl groups excluding tert-OH is 1. The number of ether oxygens (including phenoxy) is 1. The van der Waals surface area contributed by atoms with Crippen LogP contribution in [0.3, 0.4) is 0 Å². The lowest BCUT2D eigenvalue weighted by Gasteiger charge is -2.34. The number of carbonyl (C=O) groups is 1. The van der Waals surface area contributed by atoms with Gasteiger partial charge in [0, 0.05) is 24.7 Å². The van der Waals surface area contributed by atoms with Crippen LogP contribution in [0.1, 0.15) is 33.6 Å². The van der Waals surface area contributed by atoms with Gasteiger partial charge in [0.05, 0.1) is 17.2 Å². The Morgan fingerprint density at radius 3 is 2.78 bits per heavy atom. The second kappa shape index (κ2) is 7.88. The minimum absolute atomic E-state index is 0.0405. The van der Waals surface area contributed by atoms with E-state index < -0.39 is 6.10 Å². The van der Waals surface area contributed by atoms with Gasteiger partial charge in [-0.3, -0.25) is 0 Å². The van der Waals surface area contributed by atoms with Crippen molar-refractivity contribution in [3.8, 4) is 5.75 Å². The van der Waals surface area contributed by atoms with Crippen LogP contribution in [0, 0.1) is 5.92 Å². The average molecular weight is 341 g/mol. The lowest BCUT2D eigenvalue weighted by atomic mass is 9.94. The fraction of sp³-hybridized carbons (Fsp3) is 0.588. The summed E-state index contributed by atoms with van der Waals surface area (Å²) in [4.78, 5) is 14.1. The zero-order valence-corrected chi connectivity index (χ0v) is 14.6. The Labute approximate surface area is 142 Å². The van der Waals surface area contributed by atoms with Gasteiger partial charge in [-0.15, -0.1) is 0 Å². The summed E-state index contributed by atoms with van der Waals surface area (Å²) >= 11 is 6.18. The van der Waals surface area contributed by atoms with E-state index in [-0.39, 0.29) is 18.1 Å². The Balaban J connectivity index is 1.98. The van der Waals surface area contributed by atoms with Gasteiger partial charge in [0.25, 0.3) is 0 Å². The van der Waals surface area contributed by atoms with Crippen molar-refractivity contribution in [3.05, 3.63) is 23.2 Å². The number of urea groups is 1. The summed E-state index contributed by atoms with van der Waals surface area (Å²) in [6.07, 6.45) is 1.51. The van der Waals surface area contributed by atoms with Crippen molar-refractivity contribution < 1.29 is 14.6 Å². The van der Waals surface area contributed by atoms with E-state index in [0.29, 0.717) is 29.5 Å². The van der Waals surface area contributed by atoms with Gasteiger partial charge in [0.15, 0.2) is 0 Å². The van der Waals surface area contributed by atoms with E-state index in [1.54, 1.807) is 30.0 Å². The van der Waals surface area contributed by atoms with E-state index >= 15 is 0 Å². The van der Waals surface area contributed by atoms with E-state index in [2.05, 4.69) is 5.32 Å². The SMILES string of the molecule is CC(C)Oc1ccc(NC(=O)N2CCCC(C(C)O)C2)cc1Cl. The molecule has 0 radical (unpaired) electrons. The molecule has 23 heavy (non-hydrogen) atoms. The Morgan fingerprint density at radius 1 is 1.43 bits per heavy atom. The molecular weight excluding hydrogens is 316 g/mol. The second-order valence-corrected chi connectivity index (χ2v) is 6.74. The van der Waals surface area contributed by atoms with Gasteiger partial charge in [-0.05, 0) is 51.8 Å². The lowest BCUT2D eigenvalue weighted by Crippen LogP contribution is -2.44. The van der Waals surface area contributed by atoms with Gasteiger partial charge in [-0.25, -0.2) is 4.79 Å².